The van der Waals surface area contributed by atoms with Crippen LogP contribution in [0.1, 0.15) is 188 Å². The Bertz CT molecular complexity index is 3360. The molecule has 2 N–H and O–H groups in total. The number of carbonyl (C=O) groups is 2. The number of aromatic hydroxyl groups is 1. The highest BCUT2D eigenvalue weighted by atomic mass is 32.2. The third kappa shape index (κ3) is 16.8. The van der Waals surface area contributed by atoms with Crippen LogP contribution in [-0.4, -0.2) is 78.6 Å². The van der Waals surface area contributed by atoms with Crippen LogP contribution >= 0.6 is 0 Å². The van der Waals surface area contributed by atoms with Gasteiger partial charge in [-0.15, -0.1) is 5.11 Å². The Balaban J connectivity index is 1.51. The standard InChI is InChI=1S/C65H89N9O8S2/c1-11-19-26-47(15-5)41-72(42-48(16-6)27-20-12-2)83(79,80)55-34-24-31-52(37-55)68-70-60-45(9)57(39-66)62(75)59(63(60)76)51-30-23-33-54(36-51)74-64(77)58(40-67)46(10)61(65(74)78)71-69-53-32-25-35-56(38-53)84(81,82)73(43-49(17-7)28-21-13-3)44-50(18-8)29-22-14-4/h23-25,30-38,47-50,59,68,77H,11-22,26-29,41-44H2,1-10H3. The summed E-state index contributed by atoms with van der Waals surface area (Å²) in [5, 5.41) is 45.3. The number of nitrogens with one attached hydrogen (secondary N) is 1. The summed E-state index contributed by atoms with van der Waals surface area (Å²) in [4.78, 5) is 43.4. The molecule has 1 aromatic heterocycles. The van der Waals surface area contributed by atoms with Gasteiger partial charge in [-0.3, -0.25) is 19.8 Å². The molecule has 0 saturated heterocycles. The molecule has 0 amide bonds. The topological polar surface area (TPSA) is 248 Å². The second-order valence-electron chi connectivity index (χ2n) is 22.4. The van der Waals surface area contributed by atoms with Gasteiger partial charge in [0.1, 0.15) is 34.9 Å². The number of hydrogen-bond acceptors (Lipinski definition) is 14. The summed E-state index contributed by atoms with van der Waals surface area (Å²) in [6.07, 6.45) is 15.0. The lowest BCUT2D eigenvalue weighted by atomic mass is 9.77. The van der Waals surface area contributed by atoms with Crippen molar-refractivity contribution in [3.8, 4) is 23.7 Å². The molecule has 19 heteroatoms. The first-order valence-corrected chi connectivity index (χ1v) is 33.3. The fourth-order valence-corrected chi connectivity index (χ4v) is 14.2. The number of sulfonamides is 2. The molecule has 454 valence electrons. The lowest BCUT2D eigenvalue weighted by Gasteiger charge is -2.30. The molecule has 1 heterocycles. The predicted octanol–water partition coefficient (Wildman–Crippen LogP) is 14.5. The van der Waals surface area contributed by atoms with Crippen molar-refractivity contribution in [3.63, 3.8) is 0 Å². The minimum absolute atomic E-state index is 0.000613. The van der Waals surface area contributed by atoms with Crippen molar-refractivity contribution in [2.24, 2.45) is 39.0 Å². The van der Waals surface area contributed by atoms with Gasteiger partial charge in [-0.2, -0.15) is 29.3 Å². The third-order valence-corrected chi connectivity index (χ3v) is 20.2. The van der Waals surface area contributed by atoms with Crippen molar-refractivity contribution in [1.82, 2.24) is 13.2 Å². The number of unbranched alkanes of at least 4 members (excludes halogenated alkanes) is 4. The van der Waals surface area contributed by atoms with E-state index < -0.39 is 49.0 Å². The second-order valence-corrected chi connectivity index (χ2v) is 26.3. The molecule has 5 atom stereocenters. The summed E-state index contributed by atoms with van der Waals surface area (Å²) in [5.41, 5.74) is 0.952. The predicted molar refractivity (Wildman–Crippen MR) is 333 cm³/mol. The molecule has 5 unspecified atom stereocenters. The SMILES string of the molecule is CCCCC(CC)CN(CC(CC)CCCC)S(=O)(=O)c1cccc(N=Nc2c(C)c(C#N)c(O)n(-c3cccc(C4C(=O)C(=NNc5cccc(S(=O)(=O)N(CC(CC)CCCC)CC(CC)CCCC)c5)C(C)=C(C#N)C4=O)c3)c2=O)c1. The summed E-state index contributed by atoms with van der Waals surface area (Å²) < 4.78 is 62.5. The molecule has 0 radical (unpaired) electrons. The van der Waals surface area contributed by atoms with Crippen molar-refractivity contribution >= 4 is 54.4 Å². The maximum absolute atomic E-state index is 14.6. The lowest BCUT2D eigenvalue weighted by Crippen LogP contribution is -2.39. The number of pyridine rings is 1. The Morgan fingerprint density at radius 1 is 0.619 bits per heavy atom. The smallest absolute Gasteiger partial charge is 0.286 e. The molecular weight excluding hydrogens is 1100 g/mol. The number of azo groups is 1. The summed E-state index contributed by atoms with van der Waals surface area (Å²) in [6, 6.07) is 21.7. The van der Waals surface area contributed by atoms with Gasteiger partial charge in [0.15, 0.2) is 17.3 Å². The van der Waals surface area contributed by atoms with Crippen LogP contribution in [0, 0.1) is 53.3 Å². The number of allylic oxidation sites excluding steroid dienone is 2. The van der Waals surface area contributed by atoms with E-state index in [0.29, 0.717) is 26.2 Å². The highest BCUT2D eigenvalue weighted by Crippen LogP contribution is 2.35. The molecule has 84 heavy (non-hydrogen) atoms. The van der Waals surface area contributed by atoms with E-state index in [1.165, 1.54) is 62.4 Å². The zero-order chi connectivity index (χ0) is 61.7. The molecule has 1 aliphatic carbocycles. The van der Waals surface area contributed by atoms with Gasteiger partial charge in [-0.1, -0.05) is 157 Å². The Morgan fingerprint density at radius 2 is 1.10 bits per heavy atom. The third-order valence-electron chi connectivity index (χ3n) is 16.5. The van der Waals surface area contributed by atoms with E-state index in [1.54, 1.807) is 32.9 Å². The number of benzene rings is 3. The zero-order valence-electron chi connectivity index (χ0n) is 51.2. The number of Topliss-reactive ketones (excluding diaryl/α,β-unsaturated/α-hetero) is 2. The number of hydrazone groups is 1. The molecule has 0 saturated carbocycles. The van der Waals surface area contributed by atoms with Crippen molar-refractivity contribution < 1.29 is 31.5 Å². The maximum atomic E-state index is 14.6. The molecule has 0 fully saturated rings. The first kappa shape index (κ1) is 68.1. The molecule has 17 nitrogen and oxygen atoms in total. The van der Waals surface area contributed by atoms with E-state index in [0.717, 1.165) is 107 Å². The molecule has 5 rings (SSSR count). The number of rotatable bonds is 34. The normalized spacial score (nSPS) is 16.1. The number of nitrogens with zero attached hydrogens (tertiary/aromatic N) is 8. The van der Waals surface area contributed by atoms with Crippen LogP contribution in [0.2, 0.25) is 0 Å². The first-order valence-electron chi connectivity index (χ1n) is 30.4. The van der Waals surface area contributed by atoms with Crippen molar-refractivity contribution in [3.05, 3.63) is 111 Å². The Kier molecular flexibility index (Phi) is 26.4. The lowest BCUT2D eigenvalue weighted by molar-refractivity contribution is -0.124. The van der Waals surface area contributed by atoms with E-state index in [2.05, 4.69) is 76.1 Å². The van der Waals surface area contributed by atoms with Crippen LogP contribution in [0.15, 0.2) is 114 Å². The van der Waals surface area contributed by atoms with Crippen molar-refractivity contribution in [2.75, 3.05) is 31.6 Å². The Labute approximate surface area is 500 Å². The summed E-state index contributed by atoms with van der Waals surface area (Å²) in [5.74, 6) is -3.31. The van der Waals surface area contributed by atoms with Crippen LogP contribution in [0.5, 0.6) is 5.88 Å². The number of carbonyl (C=O) groups excluding carboxylic acids is 2. The number of anilines is 1. The second kappa shape index (κ2) is 32.6. The van der Waals surface area contributed by atoms with E-state index in [1.807, 2.05) is 12.1 Å². The molecule has 4 aromatic rings. The van der Waals surface area contributed by atoms with E-state index in [4.69, 9.17) is 0 Å². The highest BCUT2D eigenvalue weighted by molar-refractivity contribution is 7.89. The van der Waals surface area contributed by atoms with Crippen LogP contribution in [-0.2, 0) is 29.6 Å². The minimum Gasteiger partial charge on any atom is -0.493 e. The zero-order valence-corrected chi connectivity index (χ0v) is 52.8. The molecule has 0 spiro atoms. The van der Waals surface area contributed by atoms with E-state index in [-0.39, 0.29) is 89.8 Å². The fourth-order valence-electron chi connectivity index (χ4n) is 10.9. The van der Waals surface area contributed by atoms with Crippen molar-refractivity contribution in [2.45, 2.75) is 188 Å². The summed E-state index contributed by atoms with van der Waals surface area (Å²) >= 11 is 0. The number of nitriles is 2. The van der Waals surface area contributed by atoms with E-state index >= 15 is 0 Å². The number of ketones is 2. The monoisotopic (exact) mass is 1190 g/mol. The maximum Gasteiger partial charge on any atom is 0.286 e. The summed E-state index contributed by atoms with van der Waals surface area (Å²) in [6.45, 7) is 21.2. The van der Waals surface area contributed by atoms with Gasteiger partial charge in [0.25, 0.3) is 5.56 Å². The molecule has 1 aliphatic rings. The number of hydrogen-bond donors (Lipinski definition) is 2. The largest absolute Gasteiger partial charge is 0.493 e. The first-order chi connectivity index (χ1) is 40.2. The van der Waals surface area contributed by atoms with Crippen LogP contribution in [0.4, 0.5) is 17.1 Å². The quantitative estimate of drug-likeness (QED) is 0.0253. The van der Waals surface area contributed by atoms with Gasteiger partial charge in [0.2, 0.25) is 25.9 Å². The van der Waals surface area contributed by atoms with Gasteiger partial charge in [-0.05, 0) is 117 Å². The molecular formula is C65H89N9O8S2. The minimum atomic E-state index is -4.02. The van der Waals surface area contributed by atoms with Crippen LogP contribution < -0.4 is 11.0 Å². The van der Waals surface area contributed by atoms with Gasteiger partial charge in [0, 0.05) is 37.3 Å². The average molecular weight is 1190 g/mol. The fraction of sp³-hybridized carbons (Fsp3) is 0.538. The highest BCUT2D eigenvalue weighted by Gasteiger charge is 2.41. The number of aromatic nitrogens is 1. The van der Waals surface area contributed by atoms with Gasteiger partial charge >= 0.3 is 0 Å². The van der Waals surface area contributed by atoms with Gasteiger partial charge in [-0.25, -0.2) is 21.4 Å². The summed E-state index contributed by atoms with van der Waals surface area (Å²) in [7, 11) is -8.03. The Hall–Kier alpha value is -6.64. The van der Waals surface area contributed by atoms with Gasteiger partial charge < -0.3 is 5.11 Å². The Morgan fingerprint density at radius 3 is 1.56 bits per heavy atom. The van der Waals surface area contributed by atoms with Crippen LogP contribution in [0.25, 0.3) is 5.69 Å². The average Bonchev–Trinajstić information content (AvgIpc) is 2.78. The molecule has 0 bridgehead atoms. The molecule has 0 aliphatic heterocycles. The van der Waals surface area contributed by atoms with Crippen molar-refractivity contribution in [1.29, 1.82) is 10.5 Å². The molecule has 3 aromatic carbocycles. The van der Waals surface area contributed by atoms with Crippen LogP contribution in [0.3, 0.4) is 0 Å². The van der Waals surface area contributed by atoms with Gasteiger partial charge in [0.05, 0.1) is 26.9 Å². The van der Waals surface area contributed by atoms with E-state index in [9.17, 15) is 46.8 Å².